The van der Waals surface area contributed by atoms with Crippen LogP contribution in [-0.4, -0.2) is 116 Å². The van der Waals surface area contributed by atoms with E-state index in [0.717, 1.165) is 0 Å². The summed E-state index contributed by atoms with van der Waals surface area (Å²) >= 11 is 0. The number of hydrogen-bond donors (Lipinski definition) is 1. The Bertz CT molecular complexity index is 1680. The highest BCUT2D eigenvalue weighted by Gasteiger charge is 2.51. The first kappa shape index (κ1) is 35.8. The van der Waals surface area contributed by atoms with Crippen molar-refractivity contribution in [1.29, 1.82) is 0 Å². The van der Waals surface area contributed by atoms with Crippen LogP contribution in [0.1, 0.15) is 32.8 Å². The molecule has 4 rings (SSSR count). The van der Waals surface area contributed by atoms with Crippen LogP contribution in [0.3, 0.4) is 0 Å². The minimum absolute atomic E-state index is 0.0478. The van der Waals surface area contributed by atoms with Gasteiger partial charge in [0.15, 0.2) is 0 Å². The Morgan fingerprint density at radius 3 is 2.00 bits per heavy atom. The molecular formula is C27H29F3N4O12S. The summed E-state index contributed by atoms with van der Waals surface area (Å²) in [6, 6.07) is 6.97. The maximum atomic E-state index is 13.0. The molecule has 1 aliphatic rings. The molecule has 47 heavy (non-hydrogen) atoms. The zero-order chi connectivity index (χ0) is 34.0. The Hall–Kier alpha value is -4.05. The van der Waals surface area contributed by atoms with E-state index in [2.05, 4.69) is 14.6 Å². The lowest BCUT2D eigenvalue weighted by Crippen LogP contribution is -2.44. The van der Waals surface area contributed by atoms with E-state index in [0.29, 0.717) is 50.7 Å². The average Bonchev–Trinajstić information content (AvgIpc) is 3.49. The molecule has 0 unspecified atom stereocenters. The van der Waals surface area contributed by atoms with Crippen LogP contribution in [0.2, 0.25) is 0 Å². The average molecular weight is 691 g/mol. The van der Waals surface area contributed by atoms with Gasteiger partial charge < -0.3 is 28.8 Å². The number of hydrogen-bond acceptors (Lipinski definition) is 13. The second-order valence-electron chi connectivity index (χ2n) is 9.58. The summed E-state index contributed by atoms with van der Waals surface area (Å²) in [7, 11) is -6.31. The number of rotatable bonds is 20. The number of amides is 2. The summed E-state index contributed by atoms with van der Waals surface area (Å²) in [4.78, 5) is 36.1. The Labute approximate surface area is 264 Å². The number of imide groups is 1. The summed E-state index contributed by atoms with van der Waals surface area (Å²) < 4.78 is 93.7. The van der Waals surface area contributed by atoms with Gasteiger partial charge in [-0.2, -0.15) is 21.6 Å². The van der Waals surface area contributed by atoms with Crippen molar-refractivity contribution in [2.24, 2.45) is 0 Å². The van der Waals surface area contributed by atoms with Gasteiger partial charge in [0.2, 0.25) is 0 Å². The summed E-state index contributed by atoms with van der Waals surface area (Å²) in [6.45, 7) is 2.64. The van der Waals surface area contributed by atoms with Crippen molar-refractivity contribution in [3.8, 4) is 5.69 Å². The van der Waals surface area contributed by atoms with Crippen molar-refractivity contribution in [1.82, 2.24) is 20.1 Å². The minimum Gasteiger partial charge on any atom is -0.481 e. The maximum Gasteiger partial charge on any atom is 0.525 e. The van der Waals surface area contributed by atoms with E-state index in [4.69, 9.17) is 28.8 Å². The topological polar surface area (TPSA) is 195 Å². The molecule has 1 N–H and O–H groups in total. The number of aromatic nitrogens is 3. The van der Waals surface area contributed by atoms with Crippen molar-refractivity contribution in [2.75, 3.05) is 59.5 Å². The number of aliphatic carboxylic acids is 1. The van der Waals surface area contributed by atoms with E-state index in [1.807, 2.05) is 0 Å². The van der Waals surface area contributed by atoms with Crippen LogP contribution in [-0.2, 0) is 49.5 Å². The van der Waals surface area contributed by atoms with Gasteiger partial charge in [-0.3, -0.25) is 14.4 Å². The number of carboxylic acids is 1. The molecule has 256 valence electrons. The second kappa shape index (κ2) is 16.2. The first-order valence-electron chi connectivity index (χ1n) is 13.9. The predicted molar refractivity (Wildman–Crippen MR) is 151 cm³/mol. The van der Waals surface area contributed by atoms with E-state index in [-0.39, 0.29) is 55.0 Å². The first-order valence-corrected chi connectivity index (χ1v) is 15.3. The Balaban J connectivity index is 1.22. The van der Waals surface area contributed by atoms with E-state index in [9.17, 15) is 36.0 Å². The molecule has 0 aliphatic carbocycles. The Kier molecular flexibility index (Phi) is 12.3. The first-order chi connectivity index (χ1) is 22.4. The SMILES string of the molecule is O=C(O)CCOCCOCCOCCOCCOCc1cn(-c2cc3c4c(cccc4c2)C(=O)N(OS(=O)(=O)C(F)(F)F)C3=O)nn1. The number of ether oxygens (including phenoxy) is 5. The standard InChI is InChI=1S/C27H29F3N4O12S/c28-27(29,30)47(39,40)46-34-25(37)21-3-1-2-18-14-20(15-22(24(18)21)26(34)38)33-16-19(31-32-33)17-45-13-12-44-11-10-43-9-8-42-7-6-41-5-4-23(35)36/h1-3,14-16H,4-13,17H2,(H,35,36). The van der Waals surface area contributed by atoms with E-state index < -0.39 is 38.5 Å². The molecule has 1 aliphatic heterocycles. The molecule has 20 heteroatoms. The number of carbonyl (C=O) groups excluding carboxylic acids is 2. The van der Waals surface area contributed by atoms with Crippen molar-refractivity contribution in [2.45, 2.75) is 18.5 Å². The van der Waals surface area contributed by atoms with Gasteiger partial charge in [0.05, 0.1) is 95.5 Å². The highest BCUT2D eigenvalue weighted by Crippen LogP contribution is 2.34. The molecule has 2 heterocycles. The highest BCUT2D eigenvalue weighted by atomic mass is 32.2. The Morgan fingerprint density at radius 1 is 0.830 bits per heavy atom. The molecule has 3 aromatic rings. The van der Waals surface area contributed by atoms with Crippen LogP contribution in [0.25, 0.3) is 16.5 Å². The fourth-order valence-corrected chi connectivity index (χ4v) is 4.53. The van der Waals surface area contributed by atoms with Gasteiger partial charge in [-0.1, -0.05) is 17.3 Å². The van der Waals surface area contributed by atoms with Crippen LogP contribution in [0.5, 0.6) is 0 Å². The van der Waals surface area contributed by atoms with Gasteiger partial charge in [0.1, 0.15) is 5.69 Å². The molecule has 0 spiro atoms. The molecule has 16 nitrogen and oxygen atoms in total. The monoisotopic (exact) mass is 690 g/mol. The number of nitrogens with zero attached hydrogens (tertiary/aromatic N) is 4. The summed E-state index contributed by atoms with van der Waals surface area (Å²) in [5.41, 5.74) is -5.76. The third-order valence-corrected chi connectivity index (χ3v) is 7.16. The van der Waals surface area contributed by atoms with Gasteiger partial charge in [-0.15, -0.1) is 14.4 Å². The molecule has 0 saturated heterocycles. The highest BCUT2D eigenvalue weighted by molar-refractivity contribution is 7.87. The molecule has 0 radical (unpaired) electrons. The normalized spacial score (nSPS) is 13.6. The largest absolute Gasteiger partial charge is 0.525 e. The number of hydroxylamine groups is 2. The van der Waals surface area contributed by atoms with Crippen molar-refractivity contribution in [3.05, 3.63) is 53.3 Å². The quantitative estimate of drug-likeness (QED) is 0.103. The lowest BCUT2D eigenvalue weighted by molar-refractivity contribution is -0.138. The van der Waals surface area contributed by atoms with Crippen LogP contribution in [0.15, 0.2) is 36.5 Å². The molecular weight excluding hydrogens is 661 g/mol. The number of carbonyl (C=O) groups is 3. The van der Waals surface area contributed by atoms with Gasteiger partial charge in [-0.25, -0.2) is 4.68 Å². The third-order valence-electron chi connectivity index (χ3n) is 6.25. The summed E-state index contributed by atoms with van der Waals surface area (Å²) in [6.07, 6.45) is 1.43. The minimum atomic E-state index is -6.31. The van der Waals surface area contributed by atoms with Crippen molar-refractivity contribution in [3.63, 3.8) is 0 Å². The molecule has 0 fully saturated rings. The third kappa shape index (κ3) is 9.50. The second-order valence-corrected chi connectivity index (χ2v) is 11.1. The smallest absolute Gasteiger partial charge is 0.481 e. The number of alkyl halides is 3. The number of halogens is 3. The Morgan fingerprint density at radius 2 is 1.40 bits per heavy atom. The molecule has 2 amide bonds. The van der Waals surface area contributed by atoms with Gasteiger partial charge in [-0.05, 0) is 23.6 Å². The zero-order valence-corrected chi connectivity index (χ0v) is 25.3. The summed E-state index contributed by atoms with van der Waals surface area (Å²) in [5.74, 6) is -3.70. The van der Waals surface area contributed by atoms with Gasteiger partial charge >= 0.3 is 21.6 Å². The molecule has 1 aromatic heterocycles. The molecule has 0 saturated carbocycles. The fourth-order valence-electron chi connectivity index (χ4n) is 4.12. The van der Waals surface area contributed by atoms with Gasteiger partial charge in [0.25, 0.3) is 11.8 Å². The lowest BCUT2D eigenvalue weighted by Gasteiger charge is -2.26. The van der Waals surface area contributed by atoms with Crippen molar-refractivity contribution >= 4 is 38.7 Å². The van der Waals surface area contributed by atoms with E-state index >= 15 is 0 Å². The lowest BCUT2D eigenvalue weighted by atomic mass is 9.94. The molecule has 2 aromatic carbocycles. The zero-order valence-electron chi connectivity index (χ0n) is 24.5. The maximum absolute atomic E-state index is 13.0. The molecule has 0 atom stereocenters. The van der Waals surface area contributed by atoms with E-state index in [1.165, 1.54) is 29.1 Å². The van der Waals surface area contributed by atoms with Crippen molar-refractivity contribution < 1.29 is 69.0 Å². The molecule has 0 bridgehead atoms. The number of benzene rings is 2. The van der Waals surface area contributed by atoms with Crippen LogP contribution >= 0.6 is 0 Å². The summed E-state index contributed by atoms with van der Waals surface area (Å²) in [5, 5.41) is 16.5. The predicted octanol–water partition coefficient (Wildman–Crippen LogP) is 1.86. The van der Waals surface area contributed by atoms with Gasteiger partial charge in [0, 0.05) is 5.39 Å². The van der Waals surface area contributed by atoms with Crippen LogP contribution < -0.4 is 0 Å². The van der Waals surface area contributed by atoms with Crippen LogP contribution in [0.4, 0.5) is 13.2 Å². The van der Waals surface area contributed by atoms with E-state index in [1.54, 1.807) is 12.1 Å². The van der Waals surface area contributed by atoms with Crippen LogP contribution in [0, 0.1) is 0 Å². The fraction of sp³-hybridized carbons (Fsp3) is 0.444. The number of carboxylic acid groups (broad SMARTS) is 1.